The lowest BCUT2D eigenvalue weighted by Crippen LogP contribution is -2.33. The number of nitrogens with one attached hydrogen (secondary N) is 1. The Morgan fingerprint density at radius 3 is 1.95 bits per heavy atom. The molecular weight excluding hydrogens is 290 g/mol. The van der Waals surface area contributed by atoms with Gasteiger partial charge < -0.3 is 4.74 Å². The molecule has 12 nitrogen and oxygen atoms in total. The van der Waals surface area contributed by atoms with E-state index in [9.17, 15) is 30.3 Å². The minimum absolute atomic E-state index is 0.0608. The maximum Gasteiger partial charge on any atom is 0.325 e. The third-order valence-electron chi connectivity index (χ3n) is 2.36. The largest absolute Gasteiger partial charge is 0.478 e. The van der Waals surface area contributed by atoms with Crippen LogP contribution < -0.4 is 16.0 Å². The van der Waals surface area contributed by atoms with E-state index in [-0.39, 0.29) is 6.54 Å². The quantitative estimate of drug-likeness (QED) is 0.415. The van der Waals surface area contributed by atoms with Gasteiger partial charge in [0.1, 0.15) is 6.10 Å². The van der Waals surface area contributed by atoms with Gasteiger partial charge in [-0.3, -0.25) is 41.6 Å². The lowest BCUT2D eigenvalue weighted by atomic mass is 10.2. The Morgan fingerprint density at radius 2 is 1.62 bits per heavy atom. The molecule has 0 heterocycles. The molecule has 21 heavy (non-hydrogen) atoms. The van der Waals surface area contributed by atoms with E-state index in [2.05, 4.69) is 5.43 Å². The summed E-state index contributed by atoms with van der Waals surface area (Å²) >= 11 is 0. The highest BCUT2D eigenvalue weighted by Crippen LogP contribution is 2.40. The van der Waals surface area contributed by atoms with Crippen LogP contribution in [-0.2, 0) is 0 Å². The summed E-state index contributed by atoms with van der Waals surface area (Å²) in [5.41, 5.74) is -0.254. The summed E-state index contributed by atoms with van der Waals surface area (Å²) in [6.45, 7) is 1.53. The van der Waals surface area contributed by atoms with Crippen molar-refractivity contribution in [1.29, 1.82) is 0 Å². The smallest absolute Gasteiger partial charge is 0.325 e. The molecule has 0 aromatic heterocycles. The molecule has 0 saturated carbocycles. The molecule has 1 atom stereocenters. The highest BCUT2D eigenvalue weighted by molar-refractivity contribution is 5.65. The highest BCUT2D eigenvalue weighted by Gasteiger charge is 2.33. The van der Waals surface area contributed by atoms with Gasteiger partial charge in [0, 0.05) is 6.54 Å². The Hall–Kier alpha value is -2.86. The molecule has 0 saturated heterocycles. The highest BCUT2D eigenvalue weighted by atomic mass is 16.6. The molecule has 1 rings (SSSR count). The van der Waals surface area contributed by atoms with Crippen molar-refractivity contribution in [2.75, 3.05) is 6.54 Å². The van der Waals surface area contributed by atoms with E-state index >= 15 is 0 Å². The number of hydrogen-bond acceptors (Lipinski definition) is 9. The average molecular weight is 301 g/mol. The van der Waals surface area contributed by atoms with Crippen molar-refractivity contribution in [3.8, 4) is 5.75 Å². The normalized spacial score (nSPS) is 11.7. The summed E-state index contributed by atoms with van der Waals surface area (Å²) in [6.07, 6.45) is -0.728. The summed E-state index contributed by atoms with van der Waals surface area (Å²) in [5, 5.41) is 32.6. The number of nitro groups is 3. The molecule has 12 heteroatoms. The molecule has 0 aliphatic heterocycles. The van der Waals surface area contributed by atoms with E-state index in [0.717, 1.165) is 0 Å². The van der Waals surface area contributed by atoms with Crippen molar-refractivity contribution in [3.05, 3.63) is 42.5 Å². The number of ether oxygens (including phenoxy) is 1. The van der Waals surface area contributed by atoms with Crippen molar-refractivity contribution in [1.82, 2.24) is 5.43 Å². The van der Waals surface area contributed by atoms with Crippen LogP contribution in [0.15, 0.2) is 12.1 Å². The molecule has 0 unspecified atom stereocenters. The number of hydrogen-bond donors (Lipinski definition) is 2. The fourth-order valence-corrected chi connectivity index (χ4v) is 1.49. The first-order valence-corrected chi connectivity index (χ1v) is 5.49. The van der Waals surface area contributed by atoms with Gasteiger partial charge in [-0.1, -0.05) is 0 Å². The van der Waals surface area contributed by atoms with E-state index < -0.39 is 43.7 Å². The van der Waals surface area contributed by atoms with E-state index in [0.29, 0.717) is 12.1 Å². The average Bonchev–Trinajstić information content (AvgIpc) is 2.37. The number of rotatable bonds is 7. The van der Waals surface area contributed by atoms with Crippen molar-refractivity contribution in [2.24, 2.45) is 5.84 Å². The van der Waals surface area contributed by atoms with E-state index in [4.69, 9.17) is 10.6 Å². The molecule has 0 fully saturated rings. The molecule has 0 bridgehead atoms. The fraction of sp³-hybridized carbons (Fsp3) is 0.333. The van der Waals surface area contributed by atoms with E-state index in [1.165, 1.54) is 6.92 Å². The molecule has 0 aliphatic rings. The van der Waals surface area contributed by atoms with Crippen LogP contribution in [0.2, 0.25) is 0 Å². The van der Waals surface area contributed by atoms with Crippen LogP contribution in [0.3, 0.4) is 0 Å². The maximum atomic E-state index is 11.0. The molecular formula is C9H11N5O7. The molecule has 0 aliphatic carbocycles. The number of nitro benzene ring substituents is 3. The zero-order chi connectivity index (χ0) is 16.2. The monoisotopic (exact) mass is 301 g/mol. The number of benzene rings is 1. The third-order valence-corrected chi connectivity index (χ3v) is 2.36. The van der Waals surface area contributed by atoms with Gasteiger partial charge in [0.25, 0.3) is 11.4 Å². The number of nitrogens with two attached hydrogens (primary N) is 1. The summed E-state index contributed by atoms with van der Waals surface area (Å²) in [5.74, 6) is 4.40. The SMILES string of the molecule is C[C@H](CNN)Oc1c([N+](=O)[O-])cc([N+](=O)[O-])cc1[N+](=O)[O-]. The zero-order valence-corrected chi connectivity index (χ0v) is 10.7. The number of hydrazine groups is 1. The molecule has 114 valence electrons. The molecule has 0 spiro atoms. The van der Waals surface area contributed by atoms with Gasteiger partial charge in [0.05, 0.1) is 26.9 Å². The summed E-state index contributed by atoms with van der Waals surface area (Å²) in [4.78, 5) is 29.6. The Labute approximate surface area is 116 Å². The van der Waals surface area contributed by atoms with Gasteiger partial charge in [0.2, 0.25) is 0 Å². The fourth-order valence-electron chi connectivity index (χ4n) is 1.49. The standard InChI is InChI=1S/C9H11N5O7/c1-5(4-11-10)21-9-7(13(17)18)2-6(12(15)16)3-8(9)14(19)20/h2-3,5,11H,4,10H2,1H3/t5-/m1/s1. The van der Waals surface area contributed by atoms with Crippen LogP contribution in [0.1, 0.15) is 6.92 Å². The van der Waals surface area contributed by atoms with E-state index in [1.807, 2.05) is 0 Å². The van der Waals surface area contributed by atoms with Crippen molar-refractivity contribution >= 4 is 17.1 Å². The van der Waals surface area contributed by atoms with Gasteiger partial charge in [-0.15, -0.1) is 0 Å². The van der Waals surface area contributed by atoms with Gasteiger partial charge in [0.15, 0.2) is 0 Å². The van der Waals surface area contributed by atoms with Crippen LogP contribution in [0, 0.1) is 30.3 Å². The molecule has 1 aromatic carbocycles. The number of non-ortho nitro benzene ring substituents is 1. The van der Waals surface area contributed by atoms with Gasteiger partial charge >= 0.3 is 11.4 Å². The first-order valence-electron chi connectivity index (χ1n) is 5.49. The van der Waals surface area contributed by atoms with Crippen LogP contribution in [0.5, 0.6) is 5.75 Å². The van der Waals surface area contributed by atoms with Crippen molar-refractivity contribution in [2.45, 2.75) is 13.0 Å². The maximum absolute atomic E-state index is 11.0. The minimum atomic E-state index is -0.988. The second kappa shape index (κ2) is 6.53. The van der Waals surface area contributed by atoms with Gasteiger partial charge in [-0.2, -0.15) is 0 Å². The third kappa shape index (κ3) is 3.80. The second-order valence-corrected chi connectivity index (χ2v) is 3.92. The minimum Gasteiger partial charge on any atom is -0.478 e. The topological polar surface area (TPSA) is 177 Å². The Balaban J connectivity index is 3.46. The molecule has 3 N–H and O–H groups in total. The van der Waals surface area contributed by atoms with Crippen LogP contribution in [0.4, 0.5) is 17.1 Å². The van der Waals surface area contributed by atoms with E-state index in [1.54, 1.807) is 0 Å². The van der Waals surface area contributed by atoms with Crippen molar-refractivity contribution < 1.29 is 19.5 Å². The van der Waals surface area contributed by atoms with Crippen LogP contribution >= 0.6 is 0 Å². The molecule has 0 radical (unpaired) electrons. The van der Waals surface area contributed by atoms with Crippen molar-refractivity contribution in [3.63, 3.8) is 0 Å². The summed E-state index contributed by atoms with van der Waals surface area (Å²) in [7, 11) is 0. The lowest BCUT2D eigenvalue weighted by Gasteiger charge is -2.13. The predicted molar refractivity (Wildman–Crippen MR) is 68.7 cm³/mol. The van der Waals surface area contributed by atoms with Gasteiger partial charge in [-0.25, -0.2) is 0 Å². The second-order valence-electron chi connectivity index (χ2n) is 3.92. The van der Waals surface area contributed by atoms with Crippen LogP contribution in [-0.4, -0.2) is 27.4 Å². The molecule has 0 amide bonds. The van der Waals surface area contributed by atoms with Crippen LogP contribution in [0.25, 0.3) is 0 Å². The Morgan fingerprint density at radius 1 is 1.14 bits per heavy atom. The Kier molecular flexibility index (Phi) is 5.04. The lowest BCUT2D eigenvalue weighted by molar-refractivity contribution is -0.404. The predicted octanol–water partition coefficient (Wildman–Crippen LogP) is 0.642. The zero-order valence-electron chi connectivity index (χ0n) is 10.7. The first kappa shape index (κ1) is 16.2. The molecule has 1 aromatic rings. The summed E-state index contributed by atoms with van der Waals surface area (Å²) in [6, 6.07) is 1.20. The van der Waals surface area contributed by atoms with Gasteiger partial charge in [-0.05, 0) is 6.92 Å². The number of nitrogens with zero attached hydrogens (tertiary/aromatic N) is 3. The summed E-state index contributed by atoms with van der Waals surface area (Å²) < 4.78 is 5.13. The Bertz CT molecular complexity index is 555. The first-order chi connectivity index (χ1) is 9.77.